The first kappa shape index (κ1) is 16.6. The van der Waals surface area contributed by atoms with Crippen LogP contribution in [0.3, 0.4) is 0 Å². The summed E-state index contributed by atoms with van der Waals surface area (Å²) in [6.07, 6.45) is 0.435. The highest BCUT2D eigenvalue weighted by Crippen LogP contribution is 2.17. The lowest BCUT2D eigenvalue weighted by Gasteiger charge is -2.12. The fourth-order valence-corrected chi connectivity index (χ4v) is 2.75. The van der Waals surface area contributed by atoms with Gasteiger partial charge in [0.1, 0.15) is 6.04 Å². The monoisotopic (exact) mass is 295 g/mol. The second kappa shape index (κ2) is 7.94. The second-order valence-corrected chi connectivity index (χ2v) is 5.96. The van der Waals surface area contributed by atoms with E-state index in [-0.39, 0.29) is 5.91 Å². The summed E-state index contributed by atoms with van der Waals surface area (Å²) >= 11 is 1.68. The Morgan fingerprint density at radius 3 is 2.55 bits per heavy atom. The number of nitrogens with one attached hydrogen (secondary N) is 1. The van der Waals surface area contributed by atoms with E-state index in [4.69, 9.17) is 5.11 Å². The Labute approximate surface area is 124 Å². The van der Waals surface area contributed by atoms with Crippen LogP contribution < -0.4 is 5.32 Å². The average Bonchev–Trinajstić information content (AvgIpc) is 2.36. The highest BCUT2D eigenvalue weighted by atomic mass is 32.2. The van der Waals surface area contributed by atoms with Crippen molar-refractivity contribution in [3.05, 3.63) is 34.9 Å². The van der Waals surface area contributed by atoms with E-state index in [0.717, 1.165) is 5.75 Å². The molecule has 0 fully saturated rings. The van der Waals surface area contributed by atoms with Gasteiger partial charge in [0.05, 0.1) is 0 Å². The number of aliphatic carboxylic acids is 1. The minimum Gasteiger partial charge on any atom is -0.480 e. The van der Waals surface area contributed by atoms with Crippen molar-refractivity contribution in [1.82, 2.24) is 5.32 Å². The molecule has 2 N–H and O–H groups in total. The zero-order chi connectivity index (χ0) is 15.1. The number of hydrogen-bond donors (Lipinski definition) is 2. The van der Waals surface area contributed by atoms with Crippen molar-refractivity contribution in [1.29, 1.82) is 0 Å². The molecule has 0 spiro atoms. The van der Waals surface area contributed by atoms with Gasteiger partial charge in [-0.25, -0.2) is 4.79 Å². The summed E-state index contributed by atoms with van der Waals surface area (Å²) in [4.78, 5) is 21.9. The fourth-order valence-electron chi connectivity index (χ4n) is 1.79. The molecule has 0 aliphatic carbocycles. The Morgan fingerprint density at radius 2 is 2.00 bits per heavy atom. The van der Waals surface area contributed by atoms with Gasteiger partial charge in [-0.05, 0) is 42.7 Å². The molecule has 4 nitrogen and oxygen atoms in total. The first-order valence-electron chi connectivity index (χ1n) is 6.54. The van der Waals surface area contributed by atoms with Gasteiger partial charge in [-0.2, -0.15) is 11.8 Å². The van der Waals surface area contributed by atoms with Crippen molar-refractivity contribution >= 4 is 23.6 Å². The van der Waals surface area contributed by atoms with Gasteiger partial charge < -0.3 is 10.4 Å². The molecule has 1 rings (SSSR count). The smallest absolute Gasteiger partial charge is 0.326 e. The number of carboxylic acid groups (broad SMARTS) is 1. The minimum absolute atomic E-state index is 0.309. The molecule has 1 amide bonds. The molecule has 0 bridgehead atoms. The molecule has 0 aliphatic rings. The zero-order valence-corrected chi connectivity index (χ0v) is 12.9. The number of carboxylic acids is 1. The van der Waals surface area contributed by atoms with E-state index in [0.29, 0.717) is 12.2 Å². The van der Waals surface area contributed by atoms with Crippen LogP contribution in [0.4, 0.5) is 0 Å². The number of rotatable bonds is 7. The van der Waals surface area contributed by atoms with Crippen molar-refractivity contribution in [2.75, 3.05) is 5.75 Å². The van der Waals surface area contributed by atoms with Crippen LogP contribution in [0, 0.1) is 13.8 Å². The molecule has 0 saturated carbocycles. The maximum Gasteiger partial charge on any atom is 0.326 e. The van der Waals surface area contributed by atoms with Gasteiger partial charge in [0.15, 0.2) is 0 Å². The molecule has 0 aromatic heterocycles. The van der Waals surface area contributed by atoms with Crippen LogP contribution in [-0.4, -0.2) is 28.8 Å². The van der Waals surface area contributed by atoms with E-state index < -0.39 is 12.0 Å². The Morgan fingerprint density at radius 1 is 1.30 bits per heavy atom. The molecule has 1 aromatic rings. The SMILES string of the molecule is CC(=O)NC(CCSCc1ccc(C)c(C)c1)C(=O)O. The molecular weight excluding hydrogens is 274 g/mol. The predicted molar refractivity (Wildman–Crippen MR) is 81.9 cm³/mol. The maximum absolute atomic E-state index is 11.0. The lowest BCUT2D eigenvalue weighted by atomic mass is 10.1. The van der Waals surface area contributed by atoms with Gasteiger partial charge in [0.2, 0.25) is 5.91 Å². The Kier molecular flexibility index (Phi) is 6.58. The van der Waals surface area contributed by atoms with Crippen LogP contribution in [0.5, 0.6) is 0 Å². The molecule has 0 radical (unpaired) electrons. The highest BCUT2D eigenvalue weighted by molar-refractivity contribution is 7.98. The van der Waals surface area contributed by atoms with Crippen LogP contribution in [0.25, 0.3) is 0 Å². The first-order chi connectivity index (χ1) is 9.40. The number of carbonyl (C=O) groups is 2. The molecule has 0 saturated heterocycles. The Hall–Kier alpha value is -1.49. The number of thioether (sulfide) groups is 1. The molecule has 1 unspecified atom stereocenters. The van der Waals surface area contributed by atoms with Crippen molar-refractivity contribution in [2.24, 2.45) is 0 Å². The summed E-state index contributed by atoms with van der Waals surface area (Å²) in [5.41, 5.74) is 3.78. The zero-order valence-electron chi connectivity index (χ0n) is 12.1. The number of hydrogen-bond acceptors (Lipinski definition) is 3. The summed E-state index contributed by atoms with van der Waals surface area (Å²) in [5.74, 6) is 0.265. The van der Waals surface area contributed by atoms with E-state index in [1.165, 1.54) is 23.6 Å². The standard InChI is InChI=1S/C15H21NO3S/c1-10-4-5-13(8-11(10)2)9-20-7-6-14(15(18)19)16-12(3)17/h4-5,8,14H,6-7,9H2,1-3H3,(H,16,17)(H,18,19). The van der Waals surface area contributed by atoms with E-state index in [1.807, 2.05) is 0 Å². The summed E-state index contributed by atoms with van der Waals surface area (Å²) in [7, 11) is 0. The molecule has 20 heavy (non-hydrogen) atoms. The topological polar surface area (TPSA) is 66.4 Å². The summed E-state index contributed by atoms with van der Waals surface area (Å²) in [6.45, 7) is 5.50. The van der Waals surface area contributed by atoms with E-state index in [9.17, 15) is 9.59 Å². The van der Waals surface area contributed by atoms with Gasteiger partial charge in [-0.15, -0.1) is 0 Å². The number of benzene rings is 1. The van der Waals surface area contributed by atoms with E-state index in [2.05, 4.69) is 37.4 Å². The molecule has 5 heteroatoms. The van der Waals surface area contributed by atoms with Gasteiger partial charge in [-0.3, -0.25) is 4.79 Å². The van der Waals surface area contributed by atoms with Crippen molar-refractivity contribution in [2.45, 2.75) is 39.0 Å². The van der Waals surface area contributed by atoms with Crippen LogP contribution in [0.15, 0.2) is 18.2 Å². The van der Waals surface area contributed by atoms with Gasteiger partial charge in [0.25, 0.3) is 0 Å². The Bertz CT molecular complexity index is 488. The third-order valence-electron chi connectivity index (χ3n) is 3.07. The fraction of sp³-hybridized carbons (Fsp3) is 0.467. The third-order valence-corrected chi connectivity index (χ3v) is 4.13. The normalized spacial score (nSPS) is 11.9. The first-order valence-corrected chi connectivity index (χ1v) is 7.69. The lowest BCUT2D eigenvalue weighted by Crippen LogP contribution is -2.39. The largest absolute Gasteiger partial charge is 0.480 e. The highest BCUT2D eigenvalue weighted by Gasteiger charge is 2.17. The van der Waals surface area contributed by atoms with Crippen molar-refractivity contribution in [3.63, 3.8) is 0 Å². The molecular formula is C15H21NO3S. The minimum atomic E-state index is -0.980. The van der Waals surface area contributed by atoms with Crippen molar-refractivity contribution < 1.29 is 14.7 Å². The van der Waals surface area contributed by atoms with E-state index >= 15 is 0 Å². The molecule has 1 aromatic carbocycles. The lowest BCUT2D eigenvalue weighted by molar-refractivity contribution is -0.141. The van der Waals surface area contributed by atoms with Gasteiger partial charge in [-0.1, -0.05) is 18.2 Å². The average molecular weight is 295 g/mol. The maximum atomic E-state index is 11.0. The second-order valence-electron chi connectivity index (χ2n) is 4.85. The third kappa shape index (κ3) is 5.65. The van der Waals surface area contributed by atoms with Crippen LogP contribution >= 0.6 is 11.8 Å². The van der Waals surface area contributed by atoms with Gasteiger partial charge in [0, 0.05) is 12.7 Å². The Balaban J connectivity index is 2.37. The molecule has 0 aliphatic heterocycles. The van der Waals surface area contributed by atoms with Crippen LogP contribution in [0.2, 0.25) is 0 Å². The summed E-state index contributed by atoms with van der Waals surface area (Å²) in [5, 5.41) is 11.4. The molecule has 1 atom stereocenters. The van der Waals surface area contributed by atoms with Crippen LogP contribution in [0.1, 0.15) is 30.0 Å². The molecule has 110 valence electrons. The quantitative estimate of drug-likeness (QED) is 0.759. The number of amides is 1. The summed E-state index contributed by atoms with van der Waals surface area (Å²) in [6, 6.07) is 5.56. The number of carbonyl (C=O) groups excluding carboxylic acids is 1. The number of aryl methyl sites for hydroxylation is 2. The summed E-state index contributed by atoms with van der Waals surface area (Å²) < 4.78 is 0. The predicted octanol–water partition coefficient (Wildman–Crippen LogP) is 2.52. The molecule has 0 heterocycles. The van der Waals surface area contributed by atoms with Crippen molar-refractivity contribution in [3.8, 4) is 0 Å². The van der Waals surface area contributed by atoms with Gasteiger partial charge >= 0.3 is 5.97 Å². The van der Waals surface area contributed by atoms with E-state index in [1.54, 1.807) is 11.8 Å². The van der Waals surface area contributed by atoms with Crippen LogP contribution in [-0.2, 0) is 15.3 Å².